The molecule has 2 heterocycles. The number of nitrogens with two attached hydrogens (primary N) is 1. The second kappa shape index (κ2) is 4.70. The van der Waals surface area contributed by atoms with Crippen LogP contribution in [0.1, 0.15) is 30.9 Å². The van der Waals surface area contributed by atoms with E-state index in [9.17, 15) is 4.79 Å². The second-order valence-electron chi connectivity index (χ2n) is 4.18. The SMILES string of the molecule is CCc1cc(=O)n2c(c1CN)NCCCC2. The molecule has 1 aromatic rings. The van der Waals surface area contributed by atoms with Crippen molar-refractivity contribution in [1.29, 1.82) is 0 Å². The Kier molecular flexibility index (Phi) is 3.29. The molecular formula is C12H19N3O. The first-order valence-electron chi connectivity index (χ1n) is 5.97. The molecule has 1 aliphatic rings. The van der Waals surface area contributed by atoms with Crippen LogP contribution >= 0.6 is 0 Å². The van der Waals surface area contributed by atoms with E-state index in [1.54, 1.807) is 6.07 Å². The first-order valence-corrected chi connectivity index (χ1v) is 5.97. The Morgan fingerprint density at radius 2 is 2.31 bits per heavy atom. The predicted octanol–water partition coefficient (Wildman–Crippen LogP) is 1.08. The van der Waals surface area contributed by atoms with Gasteiger partial charge in [-0.1, -0.05) is 6.92 Å². The summed E-state index contributed by atoms with van der Waals surface area (Å²) in [4.78, 5) is 11.9. The van der Waals surface area contributed by atoms with Gasteiger partial charge < -0.3 is 11.1 Å². The average molecular weight is 221 g/mol. The second-order valence-corrected chi connectivity index (χ2v) is 4.18. The van der Waals surface area contributed by atoms with Crippen molar-refractivity contribution in [2.45, 2.75) is 39.3 Å². The minimum absolute atomic E-state index is 0.0958. The van der Waals surface area contributed by atoms with Crippen LogP contribution in [0.25, 0.3) is 0 Å². The third-order valence-electron chi connectivity index (χ3n) is 3.19. The summed E-state index contributed by atoms with van der Waals surface area (Å²) in [5, 5.41) is 3.34. The molecule has 0 aliphatic carbocycles. The van der Waals surface area contributed by atoms with Crippen LogP contribution < -0.4 is 16.6 Å². The smallest absolute Gasteiger partial charge is 0.252 e. The normalized spacial score (nSPS) is 15.1. The fourth-order valence-electron chi connectivity index (χ4n) is 2.31. The summed E-state index contributed by atoms with van der Waals surface area (Å²) in [7, 11) is 0. The Balaban J connectivity index is 2.62. The molecule has 3 N–H and O–H groups in total. The molecular weight excluding hydrogens is 202 g/mol. The van der Waals surface area contributed by atoms with E-state index in [1.807, 2.05) is 4.57 Å². The molecule has 2 rings (SSSR count). The van der Waals surface area contributed by atoms with E-state index >= 15 is 0 Å². The highest BCUT2D eigenvalue weighted by Crippen LogP contribution is 2.20. The zero-order chi connectivity index (χ0) is 11.5. The zero-order valence-corrected chi connectivity index (χ0v) is 9.75. The first kappa shape index (κ1) is 11.2. The zero-order valence-electron chi connectivity index (χ0n) is 9.75. The van der Waals surface area contributed by atoms with Gasteiger partial charge in [0.05, 0.1) is 0 Å². The van der Waals surface area contributed by atoms with Gasteiger partial charge >= 0.3 is 0 Å². The van der Waals surface area contributed by atoms with E-state index in [1.165, 1.54) is 0 Å². The maximum Gasteiger partial charge on any atom is 0.252 e. The molecule has 0 atom stereocenters. The van der Waals surface area contributed by atoms with Crippen LogP contribution in [0.5, 0.6) is 0 Å². The number of hydrogen-bond acceptors (Lipinski definition) is 3. The number of hydrogen-bond donors (Lipinski definition) is 2. The van der Waals surface area contributed by atoms with Gasteiger partial charge in [0.1, 0.15) is 5.82 Å². The molecule has 1 aliphatic heterocycles. The molecule has 4 heteroatoms. The van der Waals surface area contributed by atoms with Gasteiger partial charge in [0.2, 0.25) is 0 Å². The van der Waals surface area contributed by atoms with Crippen molar-refractivity contribution in [2.24, 2.45) is 5.73 Å². The lowest BCUT2D eigenvalue weighted by Crippen LogP contribution is -2.25. The van der Waals surface area contributed by atoms with Crippen molar-refractivity contribution >= 4 is 5.82 Å². The number of nitrogens with zero attached hydrogens (tertiary/aromatic N) is 1. The molecule has 0 saturated carbocycles. The quantitative estimate of drug-likeness (QED) is 0.785. The Labute approximate surface area is 95.5 Å². The topological polar surface area (TPSA) is 60.0 Å². The van der Waals surface area contributed by atoms with Crippen LogP contribution in [0.2, 0.25) is 0 Å². The van der Waals surface area contributed by atoms with Gasteiger partial charge in [-0.05, 0) is 24.8 Å². The maximum absolute atomic E-state index is 11.9. The van der Waals surface area contributed by atoms with Crippen molar-refractivity contribution in [1.82, 2.24) is 4.57 Å². The summed E-state index contributed by atoms with van der Waals surface area (Å²) in [6.07, 6.45) is 3.01. The number of pyridine rings is 1. The highest BCUT2D eigenvalue weighted by Gasteiger charge is 2.15. The molecule has 1 aromatic heterocycles. The molecule has 0 radical (unpaired) electrons. The van der Waals surface area contributed by atoms with Gasteiger partial charge in [-0.2, -0.15) is 0 Å². The van der Waals surface area contributed by atoms with Crippen LogP contribution in [0.4, 0.5) is 5.82 Å². The lowest BCUT2D eigenvalue weighted by atomic mass is 10.1. The van der Waals surface area contributed by atoms with Crippen molar-refractivity contribution < 1.29 is 0 Å². The van der Waals surface area contributed by atoms with Gasteiger partial charge in [-0.3, -0.25) is 9.36 Å². The summed E-state index contributed by atoms with van der Waals surface area (Å²) in [5.41, 5.74) is 8.07. The van der Waals surface area contributed by atoms with E-state index in [4.69, 9.17) is 5.73 Å². The van der Waals surface area contributed by atoms with E-state index in [-0.39, 0.29) is 5.56 Å². The molecule has 0 saturated heterocycles. The van der Waals surface area contributed by atoms with Crippen molar-refractivity contribution in [3.05, 3.63) is 27.5 Å². The van der Waals surface area contributed by atoms with E-state index in [0.29, 0.717) is 6.54 Å². The summed E-state index contributed by atoms with van der Waals surface area (Å²) in [5.74, 6) is 0.948. The fourth-order valence-corrected chi connectivity index (χ4v) is 2.31. The van der Waals surface area contributed by atoms with Crippen LogP contribution in [0.15, 0.2) is 10.9 Å². The molecule has 0 aromatic carbocycles. The number of rotatable bonds is 2. The van der Waals surface area contributed by atoms with Crippen molar-refractivity contribution in [3.8, 4) is 0 Å². The minimum atomic E-state index is 0.0958. The van der Waals surface area contributed by atoms with Crippen LogP contribution in [-0.4, -0.2) is 11.1 Å². The number of fused-ring (bicyclic) bond motifs is 1. The minimum Gasteiger partial charge on any atom is -0.371 e. The van der Waals surface area contributed by atoms with Gasteiger partial charge in [0.25, 0.3) is 5.56 Å². The molecule has 16 heavy (non-hydrogen) atoms. The van der Waals surface area contributed by atoms with Gasteiger partial charge in [0, 0.05) is 31.3 Å². The average Bonchev–Trinajstić information content (AvgIpc) is 2.54. The summed E-state index contributed by atoms with van der Waals surface area (Å²) >= 11 is 0. The summed E-state index contributed by atoms with van der Waals surface area (Å²) in [6.45, 7) is 4.28. The predicted molar refractivity (Wildman–Crippen MR) is 65.7 cm³/mol. The molecule has 0 spiro atoms. The van der Waals surface area contributed by atoms with Crippen molar-refractivity contribution in [2.75, 3.05) is 11.9 Å². The van der Waals surface area contributed by atoms with Gasteiger partial charge in [0.15, 0.2) is 0 Å². The van der Waals surface area contributed by atoms with Gasteiger partial charge in [-0.15, -0.1) is 0 Å². The first-order chi connectivity index (χ1) is 7.77. The highest BCUT2D eigenvalue weighted by atomic mass is 16.1. The fraction of sp³-hybridized carbons (Fsp3) is 0.583. The number of aromatic nitrogens is 1. The molecule has 88 valence electrons. The van der Waals surface area contributed by atoms with E-state index in [0.717, 1.165) is 49.3 Å². The third-order valence-corrected chi connectivity index (χ3v) is 3.19. The Bertz CT molecular complexity index is 437. The summed E-state index contributed by atoms with van der Waals surface area (Å²) in [6, 6.07) is 1.73. The number of nitrogens with one attached hydrogen (secondary N) is 1. The molecule has 0 bridgehead atoms. The van der Waals surface area contributed by atoms with Crippen LogP contribution in [0, 0.1) is 0 Å². The Morgan fingerprint density at radius 3 is 3.00 bits per heavy atom. The Hall–Kier alpha value is -1.29. The maximum atomic E-state index is 11.9. The molecule has 4 nitrogen and oxygen atoms in total. The number of anilines is 1. The Morgan fingerprint density at radius 1 is 1.50 bits per heavy atom. The monoisotopic (exact) mass is 221 g/mol. The molecule has 0 fully saturated rings. The van der Waals surface area contributed by atoms with E-state index < -0.39 is 0 Å². The molecule has 0 amide bonds. The standard InChI is InChI=1S/C12H19N3O/c1-2-9-7-11(16)15-6-4-3-5-14-12(15)10(9)8-13/h7,14H,2-6,8,13H2,1H3. The summed E-state index contributed by atoms with van der Waals surface area (Å²) < 4.78 is 1.83. The lowest BCUT2D eigenvalue weighted by molar-refractivity contribution is 0.633. The van der Waals surface area contributed by atoms with E-state index in [2.05, 4.69) is 12.2 Å². The van der Waals surface area contributed by atoms with Crippen molar-refractivity contribution in [3.63, 3.8) is 0 Å². The third kappa shape index (κ3) is 1.85. The van der Waals surface area contributed by atoms with Crippen LogP contribution in [-0.2, 0) is 19.5 Å². The van der Waals surface area contributed by atoms with Crippen LogP contribution in [0.3, 0.4) is 0 Å². The molecule has 0 unspecified atom stereocenters. The largest absolute Gasteiger partial charge is 0.371 e. The van der Waals surface area contributed by atoms with Gasteiger partial charge in [-0.25, -0.2) is 0 Å². The lowest BCUT2D eigenvalue weighted by Gasteiger charge is -2.17. The number of aryl methyl sites for hydroxylation is 1. The highest BCUT2D eigenvalue weighted by molar-refractivity contribution is 5.50.